The molecule has 0 saturated carbocycles. The summed E-state index contributed by atoms with van der Waals surface area (Å²) in [5, 5.41) is 14.6. The molecule has 1 aromatic heterocycles. The molecular formula is C16H13N3O5. The van der Waals surface area contributed by atoms with Gasteiger partial charge in [0.25, 0.3) is 11.6 Å². The maximum absolute atomic E-state index is 10.7. The first kappa shape index (κ1) is 15.5. The van der Waals surface area contributed by atoms with Crippen LogP contribution in [0.4, 0.5) is 5.69 Å². The molecule has 0 N–H and O–H groups in total. The molecule has 2 aromatic carbocycles. The largest absolute Gasteiger partial charge is 0.497 e. The molecule has 0 fully saturated rings. The van der Waals surface area contributed by atoms with Gasteiger partial charge in [0.2, 0.25) is 5.82 Å². The molecule has 0 unspecified atom stereocenters. The van der Waals surface area contributed by atoms with Crippen molar-refractivity contribution in [1.29, 1.82) is 0 Å². The summed E-state index contributed by atoms with van der Waals surface area (Å²) >= 11 is 0. The highest BCUT2D eigenvalue weighted by Gasteiger charge is 2.11. The van der Waals surface area contributed by atoms with Crippen molar-refractivity contribution in [3.05, 3.63) is 64.5 Å². The van der Waals surface area contributed by atoms with Gasteiger partial charge in [-0.2, -0.15) is 4.98 Å². The van der Waals surface area contributed by atoms with Crippen LogP contribution < -0.4 is 9.47 Å². The van der Waals surface area contributed by atoms with Crippen LogP contribution in [0.2, 0.25) is 0 Å². The predicted octanol–water partition coefficient (Wildman–Crippen LogP) is 3.23. The monoisotopic (exact) mass is 327 g/mol. The van der Waals surface area contributed by atoms with Crippen molar-refractivity contribution in [1.82, 2.24) is 10.1 Å². The van der Waals surface area contributed by atoms with E-state index in [9.17, 15) is 10.1 Å². The maximum Gasteiger partial charge on any atom is 0.273 e. The smallest absolute Gasteiger partial charge is 0.273 e. The minimum atomic E-state index is -0.486. The van der Waals surface area contributed by atoms with Crippen molar-refractivity contribution in [3.8, 4) is 22.9 Å². The summed E-state index contributed by atoms with van der Waals surface area (Å²) in [5.41, 5.74) is 0.704. The molecule has 3 rings (SSSR count). The van der Waals surface area contributed by atoms with Gasteiger partial charge in [-0.15, -0.1) is 0 Å². The fraction of sp³-hybridized carbons (Fsp3) is 0.125. The molecule has 8 heteroatoms. The van der Waals surface area contributed by atoms with E-state index in [-0.39, 0.29) is 18.2 Å². The van der Waals surface area contributed by atoms with Crippen LogP contribution in [-0.4, -0.2) is 22.2 Å². The van der Waals surface area contributed by atoms with Crippen LogP contribution in [0.15, 0.2) is 53.1 Å². The summed E-state index contributed by atoms with van der Waals surface area (Å²) < 4.78 is 15.7. The van der Waals surface area contributed by atoms with E-state index in [2.05, 4.69) is 10.1 Å². The first-order valence-electron chi connectivity index (χ1n) is 7.00. The number of hydrogen-bond acceptors (Lipinski definition) is 7. The number of methoxy groups -OCH3 is 1. The van der Waals surface area contributed by atoms with Crippen LogP contribution in [0.1, 0.15) is 5.89 Å². The molecule has 8 nitrogen and oxygen atoms in total. The Morgan fingerprint density at radius 2 is 1.96 bits per heavy atom. The van der Waals surface area contributed by atoms with Gasteiger partial charge in [0.05, 0.1) is 18.1 Å². The lowest BCUT2D eigenvalue weighted by Gasteiger charge is -2.02. The lowest BCUT2D eigenvalue weighted by atomic mass is 10.2. The number of benzene rings is 2. The summed E-state index contributed by atoms with van der Waals surface area (Å²) in [6.07, 6.45) is 0. The summed E-state index contributed by atoms with van der Waals surface area (Å²) in [5.74, 6) is 1.71. The molecule has 0 atom stereocenters. The number of hydrogen-bond donors (Lipinski definition) is 0. The van der Waals surface area contributed by atoms with Gasteiger partial charge in [-0.05, 0) is 18.2 Å². The van der Waals surface area contributed by atoms with Crippen LogP contribution >= 0.6 is 0 Å². The van der Waals surface area contributed by atoms with Gasteiger partial charge in [-0.1, -0.05) is 23.4 Å². The quantitative estimate of drug-likeness (QED) is 0.506. The van der Waals surface area contributed by atoms with E-state index < -0.39 is 4.92 Å². The molecule has 0 spiro atoms. The van der Waals surface area contributed by atoms with E-state index in [1.54, 1.807) is 25.3 Å². The lowest BCUT2D eigenvalue weighted by molar-refractivity contribution is -0.384. The minimum absolute atomic E-state index is 0.0120. The number of ether oxygens (including phenoxy) is 2. The lowest BCUT2D eigenvalue weighted by Crippen LogP contribution is -1.96. The molecule has 0 aliphatic rings. The average molecular weight is 327 g/mol. The van der Waals surface area contributed by atoms with Crippen molar-refractivity contribution in [2.45, 2.75) is 6.61 Å². The normalized spacial score (nSPS) is 10.4. The molecule has 122 valence electrons. The van der Waals surface area contributed by atoms with Crippen molar-refractivity contribution >= 4 is 5.69 Å². The third-order valence-corrected chi connectivity index (χ3v) is 3.19. The van der Waals surface area contributed by atoms with E-state index in [0.29, 0.717) is 17.3 Å². The third-order valence-electron chi connectivity index (χ3n) is 3.19. The first-order valence-corrected chi connectivity index (χ1v) is 7.00. The van der Waals surface area contributed by atoms with Crippen LogP contribution in [-0.2, 0) is 6.61 Å². The first-order chi connectivity index (χ1) is 11.7. The van der Waals surface area contributed by atoms with E-state index in [1.807, 2.05) is 18.2 Å². The SMILES string of the molecule is COc1cccc(-c2noc(COc3cccc([N+](=O)[O-])c3)n2)c1. The van der Waals surface area contributed by atoms with Crippen molar-refractivity contribution in [2.24, 2.45) is 0 Å². The molecule has 24 heavy (non-hydrogen) atoms. The molecule has 0 aliphatic heterocycles. The third kappa shape index (κ3) is 3.49. The number of nitrogens with zero attached hydrogens (tertiary/aromatic N) is 3. The van der Waals surface area contributed by atoms with Gasteiger partial charge in [-0.25, -0.2) is 0 Å². The Labute approximate surface area is 136 Å². The predicted molar refractivity (Wildman–Crippen MR) is 83.7 cm³/mol. The number of aromatic nitrogens is 2. The number of non-ortho nitro benzene ring substituents is 1. The molecule has 1 heterocycles. The van der Waals surface area contributed by atoms with Crippen LogP contribution in [0.3, 0.4) is 0 Å². The van der Waals surface area contributed by atoms with Gasteiger partial charge in [0, 0.05) is 11.6 Å². The standard InChI is InChI=1S/C16H13N3O5/c1-22-13-6-2-4-11(8-13)16-17-15(24-18-16)10-23-14-7-3-5-12(9-14)19(20)21/h2-9H,10H2,1H3. The molecule has 0 aliphatic carbocycles. The van der Waals surface area contributed by atoms with E-state index >= 15 is 0 Å². The van der Waals surface area contributed by atoms with Crippen molar-refractivity contribution < 1.29 is 18.9 Å². The molecule has 3 aromatic rings. The second kappa shape index (κ2) is 6.78. The molecular weight excluding hydrogens is 314 g/mol. The van der Waals surface area contributed by atoms with Crippen molar-refractivity contribution in [3.63, 3.8) is 0 Å². The van der Waals surface area contributed by atoms with E-state index in [0.717, 1.165) is 5.56 Å². The van der Waals surface area contributed by atoms with Crippen molar-refractivity contribution in [2.75, 3.05) is 7.11 Å². The minimum Gasteiger partial charge on any atom is -0.497 e. The number of rotatable bonds is 6. The van der Waals surface area contributed by atoms with Gasteiger partial charge >= 0.3 is 0 Å². The van der Waals surface area contributed by atoms with Gasteiger partial charge < -0.3 is 14.0 Å². The second-order valence-electron chi connectivity index (χ2n) is 4.79. The van der Waals surface area contributed by atoms with Crippen LogP contribution in [0.5, 0.6) is 11.5 Å². The zero-order chi connectivity index (χ0) is 16.9. The summed E-state index contributed by atoms with van der Waals surface area (Å²) in [4.78, 5) is 14.5. The highest BCUT2D eigenvalue weighted by atomic mass is 16.6. The molecule has 0 bridgehead atoms. The van der Waals surface area contributed by atoms with Gasteiger partial charge in [0.1, 0.15) is 11.5 Å². The van der Waals surface area contributed by atoms with Crippen LogP contribution in [0.25, 0.3) is 11.4 Å². The Morgan fingerprint density at radius 3 is 2.75 bits per heavy atom. The fourth-order valence-corrected chi connectivity index (χ4v) is 2.02. The summed E-state index contributed by atoms with van der Waals surface area (Å²) in [6, 6.07) is 13.1. The zero-order valence-electron chi connectivity index (χ0n) is 12.7. The maximum atomic E-state index is 10.7. The topological polar surface area (TPSA) is 101 Å². The highest BCUT2D eigenvalue weighted by Crippen LogP contribution is 2.22. The zero-order valence-corrected chi connectivity index (χ0v) is 12.7. The average Bonchev–Trinajstić information content (AvgIpc) is 3.09. The van der Waals surface area contributed by atoms with E-state index in [4.69, 9.17) is 14.0 Å². The number of nitro benzene ring substituents is 1. The Hall–Kier alpha value is -3.42. The molecule has 0 radical (unpaired) electrons. The highest BCUT2D eigenvalue weighted by molar-refractivity contribution is 5.56. The Bertz CT molecular complexity index is 862. The number of nitro groups is 1. The van der Waals surface area contributed by atoms with Crippen LogP contribution in [0, 0.1) is 10.1 Å². The van der Waals surface area contributed by atoms with Gasteiger partial charge in [-0.3, -0.25) is 10.1 Å². The van der Waals surface area contributed by atoms with E-state index in [1.165, 1.54) is 12.1 Å². The fourth-order valence-electron chi connectivity index (χ4n) is 2.02. The van der Waals surface area contributed by atoms with Gasteiger partial charge in [0.15, 0.2) is 6.61 Å². The summed E-state index contributed by atoms with van der Waals surface area (Å²) in [6.45, 7) is 0.0120. The molecule has 0 amide bonds. The Balaban J connectivity index is 1.70. The second-order valence-corrected chi connectivity index (χ2v) is 4.79. The Morgan fingerprint density at radius 1 is 1.17 bits per heavy atom. The Kier molecular flexibility index (Phi) is 4.37. The summed E-state index contributed by atoms with van der Waals surface area (Å²) in [7, 11) is 1.58. The molecule has 0 saturated heterocycles.